The molecule has 0 atom stereocenters. The van der Waals surface area contributed by atoms with Crippen LogP contribution >= 0.6 is 0 Å². The van der Waals surface area contributed by atoms with Crippen LogP contribution in [0.25, 0.3) is 0 Å². The Morgan fingerprint density at radius 1 is 1.03 bits per heavy atom. The van der Waals surface area contributed by atoms with Crippen molar-refractivity contribution in [3.63, 3.8) is 0 Å². The lowest BCUT2D eigenvalue weighted by atomic mass is 10.1. The number of ether oxygens (including phenoxy) is 2. The van der Waals surface area contributed by atoms with Crippen LogP contribution in [0.2, 0.25) is 0 Å². The van der Waals surface area contributed by atoms with Gasteiger partial charge in [-0.25, -0.2) is 4.98 Å². The van der Waals surface area contributed by atoms with Gasteiger partial charge in [0.2, 0.25) is 0 Å². The molecule has 2 aromatic carbocycles. The highest BCUT2D eigenvalue weighted by Crippen LogP contribution is 2.40. The third kappa shape index (κ3) is 5.65. The fraction of sp³-hybridized carbons (Fsp3) is 0.296. The average molecular weight is 506 g/mol. The van der Waals surface area contributed by atoms with E-state index in [0.717, 1.165) is 11.4 Å². The molecule has 3 N–H and O–H groups in total. The van der Waals surface area contributed by atoms with Gasteiger partial charge in [0.25, 0.3) is 11.8 Å². The number of nitrogens with one attached hydrogen (secondary N) is 2. The van der Waals surface area contributed by atoms with Crippen molar-refractivity contribution in [3.8, 4) is 5.75 Å². The summed E-state index contributed by atoms with van der Waals surface area (Å²) in [6.45, 7) is 3.10. The summed E-state index contributed by atoms with van der Waals surface area (Å²) in [5.41, 5.74) is 4.03. The van der Waals surface area contributed by atoms with Gasteiger partial charge in [0.1, 0.15) is 11.6 Å². The molecule has 2 heterocycles. The van der Waals surface area contributed by atoms with Gasteiger partial charge >= 0.3 is 0 Å². The van der Waals surface area contributed by atoms with E-state index in [2.05, 4.69) is 15.6 Å². The van der Waals surface area contributed by atoms with Gasteiger partial charge in [0.05, 0.1) is 60.9 Å². The van der Waals surface area contributed by atoms with E-state index in [1.165, 1.54) is 0 Å². The van der Waals surface area contributed by atoms with Gasteiger partial charge in [-0.2, -0.15) is 0 Å². The highest BCUT2D eigenvalue weighted by Gasteiger charge is 2.27. The van der Waals surface area contributed by atoms with E-state index in [4.69, 9.17) is 14.6 Å². The number of hydrogen-bond acceptors (Lipinski definition) is 8. The largest absolute Gasteiger partial charge is 0.492 e. The van der Waals surface area contributed by atoms with Crippen molar-refractivity contribution in [2.75, 3.05) is 62.2 Å². The third-order valence-corrected chi connectivity index (χ3v) is 5.96. The van der Waals surface area contributed by atoms with Crippen molar-refractivity contribution in [2.24, 2.45) is 0 Å². The summed E-state index contributed by atoms with van der Waals surface area (Å²) in [4.78, 5) is 33.7. The van der Waals surface area contributed by atoms with Crippen LogP contribution in [0.15, 0.2) is 54.7 Å². The molecule has 0 fully saturated rings. The monoisotopic (exact) mass is 505 g/mol. The first-order valence-electron chi connectivity index (χ1n) is 12.1. The second-order valence-electron chi connectivity index (χ2n) is 8.36. The standard InChI is InChI=1S/C27H31N5O5/c1-4-37-24-15-18(26(34)28-11-13-36-14-12-33)9-10-20(24)30-25-16-22-23(17-29-25)32(3)27(35)19-7-5-6-8-21(19)31(22)2/h5-10,15-17,33H,4,11-14H2,1-3H3,(H,28,34)(H,29,30). The van der Waals surface area contributed by atoms with Gasteiger partial charge in [-0.15, -0.1) is 0 Å². The number of hydrogen-bond donors (Lipinski definition) is 3. The van der Waals surface area contributed by atoms with Gasteiger partial charge in [-0.3, -0.25) is 9.59 Å². The summed E-state index contributed by atoms with van der Waals surface area (Å²) in [6.07, 6.45) is 1.67. The molecule has 0 saturated heterocycles. The van der Waals surface area contributed by atoms with Crippen LogP contribution in [0, 0.1) is 0 Å². The smallest absolute Gasteiger partial charge is 0.260 e. The van der Waals surface area contributed by atoms with Crippen LogP contribution in [-0.2, 0) is 4.74 Å². The number of para-hydroxylation sites is 1. The summed E-state index contributed by atoms with van der Waals surface area (Å²) >= 11 is 0. The molecule has 194 valence electrons. The number of aliphatic hydroxyl groups is 1. The van der Waals surface area contributed by atoms with Crippen LogP contribution in [0.3, 0.4) is 0 Å². The molecular formula is C27H31N5O5. The average Bonchev–Trinajstić information content (AvgIpc) is 2.99. The second-order valence-corrected chi connectivity index (χ2v) is 8.36. The van der Waals surface area contributed by atoms with Crippen LogP contribution < -0.4 is 25.2 Å². The highest BCUT2D eigenvalue weighted by molar-refractivity contribution is 6.13. The molecular weight excluding hydrogens is 474 g/mol. The molecule has 10 nitrogen and oxygen atoms in total. The van der Waals surface area contributed by atoms with Crippen molar-refractivity contribution < 1.29 is 24.2 Å². The number of carbonyl (C=O) groups is 2. The number of anilines is 5. The van der Waals surface area contributed by atoms with E-state index in [1.54, 1.807) is 36.3 Å². The SMILES string of the molecule is CCOc1cc(C(=O)NCCOCCO)ccc1Nc1cc2c(cn1)N(C)C(=O)c1ccccc1N2C. The predicted molar refractivity (Wildman–Crippen MR) is 143 cm³/mol. The molecule has 3 aromatic rings. The zero-order valence-electron chi connectivity index (χ0n) is 21.2. The molecule has 0 radical (unpaired) electrons. The molecule has 1 aliphatic heterocycles. The Bertz CT molecular complexity index is 1280. The Labute approximate surface area is 215 Å². The van der Waals surface area contributed by atoms with Crippen molar-refractivity contribution in [1.82, 2.24) is 10.3 Å². The van der Waals surface area contributed by atoms with Gasteiger partial charge in [-0.1, -0.05) is 12.1 Å². The lowest BCUT2D eigenvalue weighted by Crippen LogP contribution is -2.27. The molecule has 0 aliphatic carbocycles. The number of benzene rings is 2. The molecule has 2 amide bonds. The maximum Gasteiger partial charge on any atom is 0.260 e. The van der Waals surface area contributed by atoms with E-state index < -0.39 is 0 Å². The minimum absolute atomic E-state index is 0.0579. The summed E-state index contributed by atoms with van der Waals surface area (Å²) in [6, 6.07) is 14.5. The number of rotatable bonds is 10. The zero-order chi connectivity index (χ0) is 26.4. The first-order valence-corrected chi connectivity index (χ1v) is 12.1. The Hall–Kier alpha value is -4.15. The topological polar surface area (TPSA) is 116 Å². The molecule has 0 unspecified atom stereocenters. The molecule has 37 heavy (non-hydrogen) atoms. The quantitative estimate of drug-likeness (QED) is 0.360. The summed E-state index contributed by atoms with van der Waals surface area (Å²) < 4.78 is 11.0. The molecule has 0 spiro atoms. The van der Waals surface area contributed by atoms with E-state index >= 15 is 0 Å². The summed E-state index contributed by atoms with van der Waals surface area (Å²) in [5.74, 6) is 0.715. The highest BCUT2D eigenvalue weighted by atomic mass is 16.5. The van der Waals surface area contributed by atoms with E-state index in [-0.39, 0.29) is 25.0 Å². The first kappa shape index (κ1) is 25.9. The van der Waals surface area contributed by atoms with E-state index in [0.29, 0.717) is 53.8 Å². The van der Waals surface area contributed by atoms with E-state index in [9.17, 15) is 9.59 Å². The molecule has 4 rings (SSSR count). The van der Waals surface area contributed by atoms with Gasteiger partial charge in [-0.05, 0) is 37.3 Å². The Morgan fingerprint density at radius 2 is 1.84 bits per heavy atom. The maximum absolute atomic E-state index is 13.0. The minimum atomic E-state index is -0.253. The summed E-state index contributed by atoms with van der Waals surface area (Å²) in [7, 11) is 3.66. The van der Waals surface area contributed by atoms with Gasteiger partial charge in [0.15, 0.2) is 0 Å². The fourth-order valence-electron chi connectivity index (χ4n) is 4.08. The Kier molecular flexibility index (Phi) is 8.22. The molecule has 0 saturated carbocycles. The predicted octanol–water partition coefficient (Wildman–Crippen LogP) is 3.32. The van der Waals surface area contributed by atoms with Crippen LogP contribution in [0.4, 0.5) is 28.6 Å². The van der Waals surface area contributed by atoms with Gasteiger partial charge in [0, 0.05) is 32.3 Å². The van der Waals surface area contributed by atoms with Crippen LogP contribution in [-0.4, -0.2) is 69.0 Å². The number of pyridine rings is 1. The molecule has 0 bridgehead atoms. The number of amides is 2. The second kappa shape index (κ2) is 11.7. The maximum atomic E-state index is 13.0. The molecule has 10 heteroatoms. The van der Waals surface area contributed by atoms with Crippen molar-refractivity contribution in [1.29, 1.82) is 0 Å². The van der Waals surface area contributed by atoms with Crippen LogP contribution in [0.5, 0.6) is 5.75 Å². The Morgan fingerprint density at radius 3 is 2.62 bits per heavy atom. The first-order chi connectivity index (χ1) is 17.9. The minimum Gasteiger partial charge on any atom is -0.492 e. The molecule has 1 aliphatic rings. The van der Waals surface area contributed by atoms with Crippen LogP contribution in [0.1, 0.15) is 27.6 Å². The van der Waals surface area contributed by atoms with E-state index in [1.807, 2.05) is 49.2 Å². The fourth-order valence-corrected chi connectivity index (χ4v) is 4.08. The number of nitrogens with zero attached hydrogens (tertiary/aromatic N) is 3. The number of aliphatic hydroxyl groups excluding tert-OH is 1. The molecule has 1 aromatic heterocycles. The number of aromatic nitrogens is 1. The zero-order valence-corrected chi connectivity index (χ0v) is 21.2. The number of fused-ring (bicyclic) bond motifs is 2. The normalized spacial score (nSPS) is 12.5. The summed E-state index contributed by atoms with van der Waals surface area (Å²) in [5, 5.41) is 14.8. The lowest BCUT2D eigenvalue weighted by molar-refractivity contribution is 0.0837. The van der Waals surface area contributed by atoms with Gasteiger partial charge < -0.3 is 35.0 Å². The van der Waals surface area contributed by atoms with Crippen molar-refractivity contribution in [2.45, 2.75) is 6.92 Å². The third-order valence-electron chi connectivity index (χ3n) is 5.96. The lowest BCUT2D eigenvalue weighted by Gasteiger charge is -2.23. The number of carbonyl (C=O) groups excluding carboxylic acids is 2. The van der Waals surface area contributed by atoms with Crippen molar-refractivity contribution in [3.05, 3.63) is 65.9 Å². The van der Waals surface area contributed by atoms with Crippen molar-refractivity contribution >= 4 is 40.4 Å². The Balaban J connectivity index is 1.57.